The van der Waals surface area contributed by atoms with Crippen LogP contribution in [0.2, 0.25) is 0 Å². The maximum atomic E-state index is 5.28. The minimum absolute atomic E-state index is 0.0579. The highest BCUT2D eigenvalue weighted by molar-refractivity contribution is 6.91. The standard InChI is InChI=1S/C18H13BO/c1-3-8-16(9-4-1)19(17-10-5-2-6-11-17)14-13-18-12-7-15-20-18/h1-12,15H. The number of benzene rings is 2. The molecule has 3 aromatic rings. The summed E-state index contributed by atoms with van der Waals surface area (Å²) in [6, 6.07) is 24.4. The lowest BCUT2D eigenvalue weighted by Crippen LogP contribution is -2.41. The Kier molecular flexibility index (Phi) is 3.71. The van der Waals surface area contributed by atoms with E-state index < -0.39 is 0 Å². The first kappa shape index (κ1) is 12.4. The van der Waals surface area contributed by atoms with Gasteiger partial charge in [0, 0.05) is 0 Å². The van der Waals surface area contributed by atoms with E-state index >= 15 is 0 Å². The Balaban J connectivity index is 2.00. The Morgan fingerprint density at radius 1 is 0.700 bits per heavy atom. The molecule has 0 unspecified atom stereocenters. The molecule has 0 spiro atoms. The zero-order chi connectivity index (χ0) is 13.6. The van der Waals surface area contributed by atoms with Crippen molar-refractivity contribution in [2.24, 2.45) is 0 Å². The van der Waals surface area contributed by atoms with Crippen LogP contribution in [0.15, 0.2) is 83.5 Å². The molecule has 0 bridgehead atoms. The lowest BCUT2D eigenvalue weighted by Gasteiger charge is -2.07. The van der Waals surface area contributed by atoms with E-state index in [2.05, 4.69) is 36.0 Å². The summed E-state index contributed by atoms with van der Waals surface area (Å²) in [6.07, 6.45) is 1.64. The highest BCUT2D eigenvalue weighted by Gasteiger charge is 2.16. The number of hydrogen-bond donors (Lipinski definition) is 0. The zero-order valence-electron chi connectivity index (χ0n) is 11.0. The molecule has 1 aromatic heterocycles. The SMILES string of the molecule is C(#Cc1ccco1)B(c1ccccc1)c1ccccc1. The maximum absolute atomic E-state index is 5.28. The molecular weight excluding hydrogens is 243 g/mol. The number of hydrogen-bond acceptors (Lipinski definition) is 1. The van der Waals surface area contributed by atoms with Gasteiger partial charge in [-0.1, -0.05) is 71.6 Å². The van der Waals surface area contributed by atoms with Crippen LogP contribution in [0.1, 0.15) is 5.76 Å². The van der Waals surface area contributed by atoms with Crippen molar-refractivity contribution in [2.75, 3.05) is 0 Å². The van der Waals surface area contributed by atoms with E-state index in [1.165, 1.54) is 10.9 Å². The Morgan fingerprint density at radius 3 is 1.80 bits per heavy atom. The van der Waals surface area contributed by atoms with Gasteiger partial charge in [0.05, 0.1) is 6.26 Å². The predicted octanol–water partition coefficient (Wildman–Crippen LogP) is 2.48. The minimum atomic E-state index is 0.0579. The molecule has 0 amide bonds. The summed E-state index contributed by atoms with van der Waals surface area (Å²) in [5.74, 6) is 7.11. The average molecular weight is 256 g/mol. The summed E-state index contributed by atoms with van der Waals surface area (Å²) in [4.78, 5) is 0. The van der Waals surface area contributed by atoms with Crippen molar-refractivity contribution in [2.45, 2.75) is 0 Å². The van der Waals surface area contributed by atoms with Gasteiger partial charge >= 0.3 is 0 Å². The van der Waals surface area contributed by atoms with Crippen molar-refractivity contribution >= 4 is 17.6 Å². The van der Waals surface area contributed by atoms with Crippen LogP contribution >= 0.6 is 0 Å². The maximum Gasteiger partial charge on any atom is 0.296 e. The molecular formula is C18H13BO. The smallest absolute Gasteiger partial charge is 0.296 e. The Morgan fingerprint density at radius 2 is 1.30 bits per heavy atom. The zero-order valence-corrected chi connectivity index (χ0v) is 11.0. The van der Waals surface area contributed by atoms with Crippen LogP contribution in [-0.2, 0) is 0 Å². The molecule has 2 aromatic carbocycles. The molecule has 0 fully saturated rings. The topological polar surface area (TPSA) is 13.1 Å². The summed E-state index contributed by atoms with van der Waals surface area (Å²) in [5, 5.41) is 0. The fourth-order valence-corrected chi connectivity index (χ4v) is 2.14. The molecule has 0 aliphatic rings. The van der Waals surface area contributed by atoms with Gasteiger partial charge in [-0.15, -0.1) is 5.82 Å². The van der Waals surface area contributed by atoms with Gasteiger partial charge in [-0.25, -0.2) is 0 Å². The second-order valence-corrected chi connectivity index (χ2v) is 4.50. The first-order chi connectivity index (χ1) is 9.93. The molecule has 3 rings (SSSR count). The van der Waals surface area contributed by atoms with Crippen molar-refractivity contribution < 1.29 is 4.42 Å². The van der Waals surface area contributed by atoms with Crippen molar-refractivity contribution in [1.82, 2.24) is 0 Å². The normalized spacial score (nSPS) is 9.60. The average Bonchev–Trinajstić information content (AvgIpc) is 3.03. The monoisotopic (exact) mass is 256 g/mol. The van der Waals surface area contributed by atoms with Crippen molar-refractivity contribution in [3.8, 4) is 11.7 Å². The second-order valence-electron chi connectivity index (χ2n) is 4.50. The Hall–Kier alpha value is -2.66. The first-order valence-electron chi connectivity index (χ1n) is 6.58. The molecule has 0 atom stereocenters. The molecule has 0 N–H and O–H groups in total. The summed E-state index contributed by atoms with van der Waals surface area (Å²) >= 11 is 0. The van der Waals surface area contributed by atoms with Crippen molar-refractivity contribution in [1.29, 1.82) is 0 Å². The van der Waals surface area contributed by atoms with E-state index in [1.54, 1.807) is 6.26 Å². The molecule has 2 heteroatoms. The summed E-state index contributed by atoms with van der Waals surface area (Å²) in [5.41, 5.74) is 2.38. The van der Waals surface area contributed by atoms with Gasteiger partial charge in [0.2, 0.25) is 0 Å². The summed E-state index contributed by atoms with van der Waals surface area (Å²) in [7, 11) is 0. The van der Waals surface area contributed by atoms with E-state index in [1.807, 2.05) is 48.5 Å². The van der Waals surface area contributed by atoms with Gasteiger partial charge in [0.1, 0.15) is 0 Å². The third kappa shape index (κ3) is 2.84. The largest absolute Gasteiger partial charge is 0.456 e. The van der Waals surface area contributed by atoms with Crippen molar-refractivity contribution in [3.63, 3.8) is 0 Å². The summed E-state index contributed by atoms with van der Waals surface area (Å²) in [6.45, 7) is 0.0579. The Labute approximate surface area is 119 Å². The van der Waals surface area contributed by atoms with Crippen LogP contribution in [-0.4, -0.2) is 6.71 Å². The Bertz CT molecular complexity index is 667. The van der Waals surface area contributed by atoms with Gasteiger partial charge in [0.15, 0.2) is 5.76 Å². The van der Waals surface area contributed by atoms with Crippen LogP contribution in [0, 0.1) is 11.7 Å². The third-order valence-corrected chi connectivity index (χ3v) is 3.13. The second kappa shape index (κ2) is 5.99. The van der Waals surface area contributed by atoms with E-state index in [0.717, 1.165) is 0 Å². The molecule has 0 saturated heterocycles. The molecule has 1 heterocycles. The lowest BCUT2D eigenvalue weighted by molar-refractivity contribution is 0.554. The molecule has 20 heavy (non-hydrogen) atoms. The molecule has 0 aliphatic heterocycles. The molecule has 1 nitrogen and oxygen atoms in total. The molecule has 0 saturated carbocycles. The van der Waals surface area contributed by atoms with Crippen LogP contribution in [0.25, 0.3) is 0 Å². The van der Waals surface area contributed by atoms with Crippen LogP contribution in [0.4, 0.5) is 0 Å². The predicted molar refractivity (Wildman–Crippen MR) is 83.5 cm³/mol. The lowest BCUT2D eigenvalue weighted by atomic mass is 9.41. The van der Waals surface area contributed by atoms with Gasteiger partial charge < -0.3 is 4.42 Å². The van der Waals surface area contributed by atoms with E-state index in [9.17, 15) is 0 Å². The number of rotatable bonds is 2. The van der Waals surface area contributed by atoms with Crippen LogP contribution < -0.4 is 10.9 Å². The first-order valence-corrected chi connectivity index (χ1v) is 6.58. The fourth-order valence-electron chi connectivity index (χ4n) is 2.14. The van der Waals surface area contributed by atoms with E-state index in [4.69, 9.17) is 4.42 Å². The molecule has 0 aliphatic carbocycles. The van der Waals surface area contributed by atoms with Gasteiger partial charge in [-0.3, -0.25) is 0 Å². The van der Waals surface area contributed by atoms with Gasteiger partial charge in [0.25, 0.3) is 6.71 Å². The van der Waals surface area contributed by atoms with Crippen LogP contribution in [0.5, 0.6) is 0 Å². The van der Waals surface area contributed by atoms with Gasteiger partial charge in [-0.2, -0.15) is 0 Å². The van der Waals surface area contributed by atoms with Gasteiger partial charge in [-0.05, 0) is 18.1 Å². The van der Waals surface area contributed by atoms with E-state index in [0.29, 0.717) is 5.76 Å². The minimum Gasteiger partial charge on any atom is -0.456 e. The number of furan rings is 1. The highest BCUT2D eigenvalue weighted by Crippen LogP contribution is 1.97. The van der Waals surface area contributed by atoms with E-state index in [-0.39, 0.29) is 6.71 Å². The van der Waals surface area contributed by atoms with Crippen LogP contribution in [0.3, 0.4) is 0 Å². The quantitative estimate of drug-likeness (QED) is 0.507. The highest BCUT2D eigenvalue weighted by atomic mass is 16.3. The fraction of sp³-hybridized carbons (Fsp3) is 0. The van der Waals surface area contributed by atoms with Crippen molar-refractivity contribution in [3.05, 3.63) is 84.8 Å². The molecule has 94 valence electrons. The third-order valence-electron chi connectivity index (χ3n) is 3.13. The summed E-state index contributed by atoms with van der Waals surface area (Å²) < 4.78 is 5.28. The molecule has 0 radical (unpaired) electrons.